The number of thiophene rings is 1. The molecular weight excluding hydrogens is 573 g/mol. The smallest absolute Gasteiger partial charge is 0.320 e. The molecule has 1 aliphatic carbocycles. The van der Waals surface area contributed by atoms with Crippen LogP contribution in [0.3, 0.4) is 0 Å². The van der Waals surface area contributed by atoms with Crippen molar-refractivity contribution in [1.82, 2.24) is 24.5 Å². The van der Waals surface area contributed by atoms with E-state index in [1.165, 1.54) is 49.2 Å². The molecule has 3 amide bonds. The molecule has 7 nitrogen and oxygen atoms in total. The summed E-state index contributed by atoms with van der Waals surface area (Å²) in [4.78, 5) is 39.7. The molecule has 2 aromatic rings. The monoisotopic (exact) mass is 625 g/mol. The largest absolute Gasteiger partial charge is 0.336 e. The van der Waals surface area contributed by atoms with Crippen LogP contribution in [0, 0.1) is 11.2 Å². The summed E-state index contributed by atoms with van der Waals surface area (Å²) in [6.45, 7) is 15.8. The van der Waals surface area contributed by atoms with Gasteiger partial charge in [0, 0.05) is 63.3 Å². The first-order valence-electron chi connectivity index (χ1n) is 16.6. The van der Waals surface area contributed by atoms with Crippen LogP contribution in [0.4, 0.5) is 9.18 Å². The van der Waals surface area contributed by atoms with Crippen molar-refractivity contribution in [2.75, 3.05) is 59.9 Å². The first kappa shape index (κ1) is 32.9. The fourth-order valence-corrected chi connectivity index (χ4v) is 8.49. The number of carbonyl (C=O) groups is 2. The summed E-state index contributed by atoms with van der Waals surface area (Å²) in [5.74, 6) is -0.304. The van der Waals surface area contributed by atoms with Gasteiger partial charge in [-0.05, 0) is 86.9 Å². The average molecular weight is 626 g/mol. The molecule has 0 N–H and O–H groups in total. The Morgan fingerprint density at radius 2 is 1.52 bits per heavy atom. The molecule has 242 valence electrons. The quantitative estimate of drug-likeness (QED) is 0.319. The van der Waals surface area contributed by atoms with E-state index in [2.05, 4.69) is 37.5 Å². The van der Waals surface area contributed by atoms with Gasteiger partial charge < -0.3 is 19.6 Å². The van der Waals surface area contributed by atoms with Crippen LogP contribution in [0.1, 0.15) is 75.9 Å². The molecule has 2 atom stereocenters. The van der Waals surface area contributed by atoms with Crippen molar-refractivity contribution in [2.24, 2.45) is 5.41 Å². The fraction of sp³-hybridized carbons (Fsp3) is 0.657. The number of halogens is 1. The number of amides is 3. The van der Waals surface area contributed by atoms with E-state index in [1.54, 1.807) is 17.0 Å². The first-order valence-corrected chi connectivity index (χ1v) is 17.4. The average Bonchev–Trinajstić information content (AvgIpc) is 3.81. The van der Waals surface area contributed by atoms with Gasteiger partial charge in [0.2, 0.25) is 0 Å². The Morgan fingerprint density at radius 1 is 0.886 bits per heavy atom. The number of likely N-dealkylation sites (N-methyl/N-ethyl adjacent to an activating group) is 3. The van der Waals surface area contributed by atoms with Crippen molar-refractivity contribution in [3.05, 3.63) is 47.1 Å². The summed E-state index contributed by atoms with van der Waals surface area (Å²) in [7, 11) is 3.82. The Kier molecular flexibility index (Phi) is 10.1. The van der Waals surface area contributed by atoms with Gasteiger partial charge in [-0.25, -0.2) is 9.18 Å². The van der Waals surface area contributed by atoms with Gasteiger partial charge in [0.1, 0.15) is 5.82 Å². The van der Waals surface area contributed by atoms with Gasteiger partial charge in [-0.3, -0.25) is 9.69 Å². The van der Waals surface area contributed by atoms with Crippen molar-refractivity contribution >= 4 is 23.3 Å². The predicted octanol–water partition coefficient (Wildman–Crippen LogP) is 6.51. The molecule has 2 saturated heterocycles. The van der Waals surface area contributed by atoms with Crippen molar-refractivity contribution in [3.8, 4) is 10.4 Å². The van der Waals surface area contributed by atoms with E-state index in [4.69, 9.17) is 0 Å². The Morgan fingerprint density at radius 3 is 2.18 bits per heavy atom. The lowest BCUT2D eigenvalue weighted by Crippen LogP contribution is -2.58. The minimum atomic E-state index is -0.273. The molecule has 0 spiro atoms. The van der Waals surface area contributed by atoms with Gasteiger partial charge in [-0.15, -0.1) is 11.3 Å². The SMILES string of the molecule is CCN(CC)CC1(N2CC[C@@H](N(C)C(=O)N3CC[C@H](N(C)C(=O)c4ccc(-c5ccc(F)cc5)s4)C3)C2)CCC(C)(C)CC1. The second kappa shape index (κ2) is 13.5. The van der Waals surface area contributed by atoms with Gasteiger partial charge in [0.05, 0.1) is 10.9 Å². The number of carbonyl (C=O) groups excluding carboxylic acids is 2. The standard InChI is InChI=1S/C35H52FN5O2S/c1-7-39(8-2)25-35(19-17-34(3,4)18-20-35)41-22-16-29(24-41)38(6)33(43)40-21-15-28(23-40)37(5)32(42)31-14-13-30(44-31)26-9-11-27(36)12-10-26/h9-14,28-29H,7-8,15-25H2,1-6H3/t28-,29+/m0/s1. The van der Waals surface area contributed by atoms with E-state index < -0.39 is 0 Å². The van der Waals surface area contributed by atoms with Crippen LogP contribution in [0.5, 0.6) is 0 Å². The van der Waals surface area contributed by atoms with E-state index in [-0.39, 0.29) is 35.4 Å². The zero-order valence-electron chi connectivity index (χ0n) is 27.6. The summed E-state index contributed by atoms with van der Waals surface area (Å²) in [5, 5.41) is 0. The van der Waals surface area contributed by atoms with Crippen molar-refractivity contribution in [3.63, 3.8) is 0 Å². The maximum Gasteiger partial charge on any atom is 0.320 e. The minimum absolute atomic E-state index is 0.0146. The van der Waals surface area contributed by atoms with Crippen LogP contribution >= 0.6 is 11.3 Å². The molecule has 1 aromatic heterocycles. The number of rotatable bonds is 9. The number of urea groups is 1. The lowest BCUT2D eigenvalue weighted by molar-refractivity contribution is 0.00313. The van der Waals surface area contributed by atoms with Crippen LogP contribution in [0.15, 0.2) is 36.4 Å². The zero-order valence-corrected chi connectivity index (χ0v) is 28.5. The molecule has 3 fully saturated rings. The van der Waals surface area contributed by atoms with E-state index >= 15 is 0 Å². The number of hydrogen-bond donors (Lipinski definition) is 0. The molecule has 2 aliphatic heterocycles. The topological polar surface area (TPSA) is 50.3 Å². The van der Waals surface area contributed by atoms with E-state index in [0.717, 1.165) is 56.0 Å². The molecule has 3 heterocycles. The third-order valence-corrected chi connectivity index (χ3v) is 12.0. The molecule has 1 saturated carbocycles. The predicted molar refractivity (Wildman–Crippen MR) is 178 cm³/mol. The molecular formula is C35H52FN5O2S. The van der Waals surface area contributed by atoms with Gasteiger partial charge in [-0.2, -0.15) is 0 Å². The van der Waals surface area contributed by atoms with E-state index in [0.29, 0.717) is 23.4 Å². The highest BCUT2D eigenvalue weighted by molar-refractivity contribution is 7.17. The van der Waals surface area contributed by atoms with Crippen molar-refractivity contribution in [1.29, 1.82) is 0 Å². The van der Waals surface area contributed by atoms with Crippen LogP contribution in [-0.2, 0) is 0 Å². The van der Waals surface area contributed by atoms with Gasteiger partial charge >= 0.3 is 6.03 Å². The highest BCUT2D eigenvalue weighted by Crippen LogP contribution is 2.45. The van der Waals surface area contributed by atoms with Gasteiger partial charge in [-0.1, -0.05) is 39.8 Å². The molecule has 0 unspecified atom stereocenters. The van der Waals surface area contributed by atoms with Crippen LogP contribution in [0.25, 0.3) is 10.4 Å². The van der Waals surface area contributed by atoms with Gasteiger partial charge in [0.15, 0.2) is 0 Å². The minimum Gasteiger partial charge on any atom is -0.336 e. The number of nitrogens with zero attached hydrogens (tertiary/aromatic N) is 5. The molecule has 0 bridgehead atoms. The second-order valence-corrected chi connectivity index (χ2v) is 15.2. The summed E-state index contributed by atoms with van der Waals surface area (Å²) in [6, 6.07) is 10.4. The molecule has 9 heteroatoms. The Bertz CT molecular complexity index is 1280. The number of benzene rings is 1. The molecule has 44 heavy (non-hydrogen) atoms. The molecule has 5 rings (SSSR count). The van der Waals surface area contributed by atoms with Crippen LogP contribution < -0.4 is 0 Å². The normalized spacial score (nSPS) is 23.3. The molecule has 1 aromatic carbocycles. The summed E-state index contributed by atoms with van der Waals surface area (Å²) >= 11 is 1.42. The third kappa shape index (κ3) is 7.00. The zero-order chi connectivity index (χ0) is 31.6. The molecule has 0 radical (unpaired) electrons. The summed E-state index contributed by atoms with van der Waals surface area (Å²) in [6.07, 6.45) is 6.75. The van der Waals surface area contributed by atoms with Gasteiger partial charge in [0.25, 0.3) is 5.91 Å². The first-order chi connectivity index (χ1) is 20.9. The lowest BCUT2D eigenvalue weighted by Gasteiger charge is -2.51. The van der Waals surface area contributed by atoms with Crippen molar-refractivity contribution in [2.45, 2.75) is 83.8 Å². The van der Waals surface area contributed by atoms with Crippen LogP contribution in [0.2, 0.25) is 0 Å². The Hall–Kier alpha value is -2.49. The third-order valence-electron chi connectivity index (χ3n) is 10.9. The second-order valence-electron chi connectivity index (χ2n) is 14.1. The molecule has 3 aliphatic rings. The van der Waals surface area contributed by atoms with Crippen molar-refractivity contribution < 1.29 is 14.0 Å². The Balaban J connectivity index is 1.18. The van der Waals surface area contributed by atoms with Crippen LogP contribution in [-0.4, -0.2) is 114 Å². The highest BCUT2D eigenvalue weighted by Gasteiger charge is 2.47. The number of likely N-dealkylation sites (tertiary alicyclic amines) is 2. The van der Waals surface area contributed by atoms with E-state index in [9.17, 15) is 14.0 Å². The highest BCUT2D eigenvalue weighted by atomic mass is 32.1. The summed E-state index contributed by atoms with van der Waals surface area (Å²) in [5.41, 5.74) is 1.50. The fourth-order valence-electron chi connectivity index (χ4n) is 7.49. The number of hydrogen-bond acceptors (Lipinski definition) is 5. The van der Waals surface area contributed by atoms with E-state index in [1.807, 2.05) is 36.0 Å². The maximum atomic E-state index is 13.7. The summed E-state index contributed by atoms with van der Waals surface area (Å²) < 4.78 is 13.3. The lowest BCUT2D eigenvalue weighted by atomic mass is 9.68. The Labute approximate surface area is 268 Å². The maximum absolute atomic E-state index is 13.7.